The fourth-order valence-corrected chi connectivity index (χ4v) is 2.76. The molecule has 2 rings (SSSR count). The molecule has 0 atom stereocenters. The van der Waals surface area contributed by atoms with Gasteiger partial charge in [0.15, 0.2) is 0 Å². The van der Waals surface area contributed by atoms with Crippen molar-refractivity contribution in [2.45, 2.75) is 11.4 Å². The fourth-order valence-electron chi connectivity index (χ4n) is 1.57. The van der Waals surface area contributed by atoms with E-state index in [1.807, 2.05) is 48.5 Å². The van der Waals surface area contributed by atoms with Gasteiger partial charge in [-0.3, -0.25) is 4.79 Å². The second-order valence-corrected chi connectivity index (χ2v) is 6.48. The summed E-state index contributed by atoms with van der Waals surface area (Å²) in [7, 11) is 0. The Morgan fingerprint density at radius 1 is 1.15 bits per heavy atom. The molecule has 5 heteroatoms. The summed E-state index contributed by atoms with van der Waals surface area (Å²) in [5.41, 5.74) is 0.927. The van der Waals surface area contributed by atoms with Crippen LogP contribution in [0, 0.1) is 0 Å². The molecule has 2 aromatic carbocycles. The highest BCUT2D eigenvalue weighted by Crippen LogP contribution is 2.20. The first kappa shape index (κ1) is 15.4. The number of benzene rings is 2. The number of halogens is 2. The number of amides is 1. The van der Waals surface area contributed by atoms with Gasteiger partial charge in [-0.1, -0.05) is 45.7 Å². The maximum atomic E-state index is 11.8. The summed E-state index contributed by atoms with van der Waals surface area (Å²) in [5.74, 6) is 0.393. The minimum Gasteiger partial charge on any atom is -0.351 e. The van der Waals surface area contributed by atoms with Crippen LogP contribution < -0.4 is 5.32 Å². The molecular weight excluding hydrogens is 358 g/mol. The van der Waals surface area contributed by atoms with Crippen LogP contribution >= 0.6 is 39.3 Å². The van der Waals surface area contributed by atoms with Gasteiger partial charge >= 0.3 is 0 Å². The van der Waals surface area contributed by atoms with Gasteiger partial charge in [0.25, 0.3) is 0 Å². The van der Waals surface area contributed by atoms with Crippen LogP contribution in [0.25, 0.3) is 0 Å². The number of carbonyl (C=O) groups is 1. The molecule has 0 unspecified atom stereocenters. The van der Waals surface area contributed by atoms with E-state index in [0.29, 0.717) is 17.3 Å². The maximum absolute atomic E-state index is 11.8. The van der Waals surface area contributed by atoms with E-state index in [9.17, 15) is 4.79 Å². The van der Waals surface area contributed by atoms with Gasteiger partial charge in [-0.05, 0) is 35.9 Å². The van der Waals surface area contributed by atoms with Gasteiger partial charge < -0.3 is 5.32 Å². The summed E-state index contributed by atoms with van der Waals surface area (Å²) in [5, 5.41) is 3.54. The Morgan fingerprint density at radius 2 is 1.85 bits per heavy atom. The molecule has 0 aromatic heterocycles. The number of thioether (sulfide) groups is 1. The fraction of sp³-hybridized carbons (Fsp3) is 0.133. The minimum absolute atomic E-state index is 0.00200. The van der Waals surface area contributed by atoms with E-state index < -0.39 is 0 Å². The third-order valence-electron chi connectivity index (χ3n) is 2.62. The SMILES string of the molecule is O=C(CSc1ccc(Br)cc1)NCc1ccccc1Cl. The molecule has 1 amide bonds. The van der Waals surface area contributed by atoms with E-state index >= 15 is 0 Å². The average Bonchev–Trinajstić information content (AvgIpc) is 2.46. The minimum atomic E-state index is -0.00200. The molecule has 2 nitrogen and oxygen atoms in total. The van der Waals surface area contributed by atoms with Crippen LogP contribution in [-0.2, 0) is 11.3 Å². The second kappa shape index (κ2) is 7.72. The monoisotopic (exact) mass is 369 g/mol. The van der Waals surface area contributed by atoms with Gasteiger partial charge in [0.05, 0.1) is 5.75 Å². The molecule has 20 heavy (non-hydrogen) atoms. The van der Waals surface area contributed by atoms with Gasteiger partial charge in [-0.25, -0.2) is 0 Å². The van der Waals surface area contributed by atoms with Gasteiger partial charge in [0, 0.05) is 20.9 Å². The summed E-state index contributed by atoms with van der Waals surface area (Å²) in [4.78, 5) is 12.9. The maximum Gasteiger partial charge on any atom is 0.230 e. The first-order valence-corrected chi connectivity index (χ1v) is 8.19. The van der Waals surface area contributed by atoms with Crippen molar-refractivity contribution in [1.82, 2.24) is 5.32 Å². The topological polar surface area (TPSA) is 29.1 Å². The lowest BCUT2D eigenvalue weighted by Gasteiger charge is -2.07. The van der Waals surface area contributed by atoms with E-state index in [-0.39, 0.29) is 5.91 Å². The quantitative estimate of drug-likeness (QED) is 0.785. The molecule has 2 aromatic rings. The highest BCUT2D eigenvalue weighted by Gasteiger charge is 2.04. The zero-order chi connectivity index (χ0) is 14.4. The van der Waals surface area contributed by atoms with Crippen LogP contribution in [-0.4, -0.2) is 11.7 Å². The van der Waals surface area contributed by atoms with Crippen molar-refractivity contribution in [3.8, 4) is 0 Å². The van der Waals surface area contributed by atoms with Crippen LogP contribution in [0.1, 0.15) is 5.56 Å². The van der Waals surface area contributed by atoms with Crippen molar-refractivity contribution in [1.29, 1.82) is 0 Å². The molecule has 0 fully saturated rings. The zero-order valence-electron chi connectivity index (χ0n) is 10.6. The van der Waals surface area contributed by atoms with E-state index in [1.165, 1.54) is 11.8 Å². The highest BCUT2D eigenvalue weighted by atomic mass is 79.9. The third-order valence-corrected chi connectivity index (χ3v) is 4.53. The molecule has 104 valence electrons. The molecule has 0 aliphatic heterocycles. The predicted octanol–water partition coefficient (Wildman–Crippen LogP) is 4.51. The molecule has 0 bridgehead atoms. The van der Waals surface area contributed by atoms with Crippen LogP contribution in [0.4, 0.5) is 0 Å². The van der Waals surface area contributed by atoms with E-state index in [0.717, 1.165) is 14.9 Å². The van der Waals surface area contributed by atoms with Crippen molar-refractivity contribution in [3.63, 3.8) is 0 Å². The summed E-state index contributed by atoms with van der Waals surface area (Å²) in [6.07, 6.45) is 0. The van der Waals surface area contributed by atoms with Crippen LogP contribution in [0.15, 0.2) is 57.9 Å². The first-order chi connectivity index (χ1) is 9.65. The van der Waals surface area contributed by atoms with Gasteiger partial charge in [-0.2, -0.15) is 0 Å². The number of hydrogen-bond acceptors (Lipinski definition) is 2. The Morgan fingerprint density at radius 3 is 2.55 bits per heavy atom. The number of carbonyl (C=O) groups excluding carboxylic acids is 1. The molecule has 0 spiro atoms. The van der Waals surface area contributed by atoms with Crippen molar-refractivity contribution in [2.75, 3.05) is 5.75 Å². The normalized spacial score (nSPS) is 10.3. The van der Waals surface area contributed by atoms with E-state index in [4.69, 9.17) is 11.6 Å². The highest BCUT2D eigenvalue weighted by molar-refractivity contribution is 9.10. The Labute approximate surface area is 136 Å². The predicted molar refractivity (Wildman–Crippen MR) is 88.2 cm³/mol. The van der Waals surface area contributed by atoms with Crippen LogP contribution in [0.2, 0.25) is 5.02 Å². The molecule has 1 N–H and O–H groups in total. The Balaban J connectivity index is 1.78. The average molecular weight is 371 g/mol. The third kappa shape index (κ3) is 4.85. The molecular formula is C15H13BrClNOS. The molecule has 0 aliphatic carbocycles. The van der Waals surface area contributed by atoms with Crippen molar-refractivity contribution >= 4 is 45.2 Å². The van der Waals surface area contributed by atoms with Gasteiger partial charge in [0.1, 0.15) is 0 Å². The van der Waals surface area contributed by atoms with E-state index in [2.05, 4.69) is 21.2 Å². The van der Waals surface area contributed by atoms with Crippen molar-refractivity contribution in [3.05, 3.63) is 63.6 Å². The standard InChI is InChI=1S/C15H13BrClNOS/c16-12-5-7-13(8-6-12)20-10-15(19)18-9-11-3-1-2-4-14(11)17/h1-8H,9-10H2,(H,18,19). The number of rotatable bonds is 5. The smallest absolute Gasteiger partial charge is 0.230 e. The Hall–Kier alpha value is -0.970. The zero-order valence-corrected chi connectivity index (χ0v) is 13.8. The van der Waals surface area contributed by atoms with Crippen LogP contribution in [0.5, 0.6) is 0 Å². The second-order valence-electron chi connectivity index (χ2n) is 4.11. The molecule has 0 heterocycles. The largest absolute Gasteiger partial charge is 0.351 e. The Bertz CT molecular complexity index is 589. The lowest BCUT2D eigenvalue weighted by atomic mass is 10.2. The van der Waals surface area contributed by atoms with Crippen molar-refractivity contribution < 1.29 is 4.79 Å². The first-order valence-electron chi connectivity index (χ1n) is 6.03. The lowest BCUT2D eigenvalue weighted by molar-refractivity contribution is -0.118. The molecule has 0 radical (unpaired) electrons. The summed E-state index contributed by atoms with van der Waals surface area (Å²) in [6, 6.07) is 15.4. The molecule has 0 aliphatic rings. The number of nitrogens with one attached hydrogen (secondary N) is 1. The Kier molecular flexibility index (Phi) is 5.95. The van der Waals surface area contributed by atoms with Crippen molar-refractivity contribution in [2.24, 2.45) is 0 Å². The number of hydrogen-bond donors (Lipinski definition) is 1. The molecule has 0 saturated heterocycles. The lowest BCUT2D eigenvalue weighted by Crippen LogP contribution is -2.24. The summed E-state index contributed by atoms with van der Waals surface area (Å²) < 4.78 is 1.03. The van der Waals surface area contributed by atoms with Gasteiger partial charge in [-0.15, -0.1) is 11.8 Å². The van der Waals surface area contributed by atoms with Crippen LogP contribution in [0.3, 0.4) is 0 Å². The molecule has 0 saturated carbocycles. The summed E-state index contributed by atoms with van der Waals surface area (Å²) in [6.45, 7) is 0.458. The summed E-state index contributed by atoms with van der Waals surface area (Å²) >= 11 is 10.9. The van der Waals surface area contributed by atoms with E-state index in [1.54, 1.807) is 0 Å². The van der Waals surface area contributed by atoms with Gasteiger partial charge in [0.2, 0.25) is 5.91 Å².